The van der Waals surface area contributed by atoms with Crippen LogP contribution in [0, 0.1) is 0 Å². The quantitative estimate of drug-likeness (QED) is 0.785. The largest absolute Gasteiger partial charge is 0.508 e. The van der Waals surface area contributed by atoms with Gasteiger partial charge in [0.1, 0.15) is 5.75 Å². The summed E-state index contributed by atoms with van der Waals surface area (Å²) in [5.74, 6) is -0.681. The number of aromatic carboxylic acids is 1. The zero-order valence-electron chi connectivity index (χ0n) is 10.6. The lowest BCUT2D eigenvalue weighted by Crippen LogP contribution is -2.13. The van der Waals surface area contributed by atoms with E-state index in [0.29, 0.717) is 13.1 Å². The topological polar surface area (TPSA) is 69.6 Å². The molecule has 0 aliphatic rings. The molecule has 0 saturated heterocycles. The number of carboxylic acids is 1. The van der Waals surface area contributed by atoms with Gasteiger partial charge in [-0.15, -0.1) is 0 Å². The molecule has 0 atom stereocenters. The lowest BCUT2D eigenvalue weighted by atomic mass is 10.1. The Balaban J connectivity index is 1.98. The number of hydrogen-bond acceptors (Lipinski definition) is 3. The summed E-state index contributed by atoms with van der Waals surface area (Å²) in [5, 5.41) is 21.7. The first-order valence-corrected chi connectivity index (χ1v) is 6.86. The summed E-state index contributed by atoms with van der Waals surface area (Å²) >= 11 is 3.36. The van der Waals surface area contributed by atoms with Gasteiger partial charge in [-0.2, -0.15) is 0 Å². The molecule has 0 amide bonds. The second-order valence-corrected chi connectivity index (χ2v) is 5.20. The minimum Gasteiger partial charge on any atom is -0.508 e. The van der Waals surface area contributed by atoms with Crippen LogP contribution >= 0.6 is 15.9 Å². The molecule has 0 radical (unpaired) electrons. The minimum atomic E-state index is -0.945. The zero-order valence-corrected chi connectivity index (χ0v) is 12.2. The fourth-order valence-electron chi connectivity index (χ4n) is 1.82. The van der Waals surface area contributed by atoms with E-state index < -0.39 is 5.97 Å². The molecule has 2 aromatic rings. The molecule has 0 saturated carbocycles. The molecule has 0 bridgehead atoms. The number of para-hydroxylation sites is 1. The summed E-state index contributed by atoms with van der Waals surface area (Å²) in [5.41, 5.74) is 2.04. The molecule has 0 spiro atoms. The molecule has 104 valence electrons. The third-order valence-corrected chi connectivity index (χ3v) is 3.66. The van der Waals surface area contributed by atoms with E-state index in [0.717, 1.165) is 15.6 Å². The highest BCUT2D eigenvalue weighted by molar-refractivity contribution is 9.10. The number of carbonyl (C=O) groups is 1. The number of hydrogen-bond donors (Lipinski definition) is 3. The third-order valence-electron chi connectivity index (χ3n) is 2.92. The lowest BCUT2D eigenvalue weighted by Gasteiger charge is -2.09. The molecule has 3 N–H and O–H groups in total. The Kier molecular flexibility index (Phi) is 4.76. The van der Waals surface area contributed by atoms with Gasteiger partial charge in [-0.3, -0.25) is 0 Å². The van der Waals surface area contributed by atoms with Crippen molar-refractivity contribution in [1.29, 1.82) is 0 Å². The summed E-state index contributed by atoms with van der Waals surface area (Å²) in [6.07, 6.45) is 0. The highest BCUT2D eigenvalue weighted by atomic mass is 79.9. The molecule has 0 fully saturated rings. The zero-order chi connectivity index (χ0) is 14.5. The van der Waals surface area contributed by atoms with Crippen molar-refractivity contribution in [3.05, 3.63) is 63.6 Å². The predicted octanol–water partition coefficient (Wildman–Crippen LogP) is 3.14. The van der Waals surface area contributed by atoms with E-state index in [1.807, 2.05) is 12.1 Å². The van der Waals surface area contributed by atoms with Crippen LogP contribution in [-0.2, 0) is 13.1 Å². The summed E-state index contributed by atoms with van der Waals surface area (Å²) in [4.78, 5) is 10.8. The first kappa shape index (κ1) is 14.6. The molecule has 0 heterocycles. The molecule has 5 heteroatoms. The number of benzene rings is 2. The molecule has 0 aliphatic heterocycles. The summed E-state index contributed by atoms with van der Waals surface area (Å²) in [6.45, 7) is 1.12. The van der Waals surface area contributed by atoms with Crippen LogP contribution in [0.4, 0.5) is 0 Å². The van der Waals surface area contributed by atoms with Gasteiger partial charge in [-0.1, -0.05) is 40.2 Å². The molecule has 2 aromatic carbocycles. The van der Waals surface area contributed by atoms with Gasteiger partial charge < -0.3 is 15.5 Å². The average molecular weight is 336 g/mol. The number of aromatic hydroxyl groups is 1. The number of nitrogens with one attached hydrogen (secondary N) is 1. The van der Waals surface area contributed by atoms with E-state index in [4.69, 9.17) is 5.11 Å². The first-order chi connectivity index (χ1) is 9.58. The Labute approximate surface area is 125 Å². The molecule has 2 rings (SSSR count). The Bertz CT molecular complexity index is 628. The first-order valence-electron chi connectivity index (χ1n) is 6.07. The number of phenolic OH excluding ortho intramolecular Hbond substituents is 1. The second-order valence-electron chi connectivity index (χ2n) is 4.34. The van der Waals surface area contributed by atoms with Gasteiger partial charge in [0.05, 0.1) is 5.56 Å². The fraction of sp³-hybridized carbons (Fsp3) is 0.133. The lowest BCUT2D eigenvalue weighted by molar-refractivity contribution is 0.0697. The Morgan fingerprint density at radius 1 is 1.10 bits per heavy atom. The average Bonchev–Trinajstić information content (AvgIpc) is 2.42. The van der Waals surface area contributed by atoms with Crippen LogP contribution in [0.3, 0.4) is 0 Å². The number of carboxylic acid groups (broad SMARTS) is 1. The molecular weight excluding hydrogens is 322 g/mol. The van der Waals surface area contributed by atoms with E-state index in [9.17, 15) is 9.90 Å². The SMILES string of the molecule is O=C(O)c1ccc(CNCc2ccccc2O)c(Br)c1. The van der Waals surface area contributed by atoms with Crippen LogP contribution in [0.1, 0.15) is 21.5 Å². The number of phenols is 1. The number of halogens is 1. The van der Waals surface area contributed by atoms with Crippen LogP contribution in [0.5, 0.6) is 5.75 Å². The minimum absolute atomic E-state index is 0.251. The normalized spacial score (nSPS) is 10.4. The standard InChI is InChI=1S/C15H14BrNO3/c16-13-7-10(15(19)20)5-6-11(13)8-17-9-12-3-1-2-4-14(12)18/h1-7,17-18H,8-9H2,(H,19,20). The van der Waals surface area contributed by atoms with Crippen molar-refractivity contribution in [2.24, 2.45) is 0 Å². The molecular formula is C15H14BrNO3. The van der Waals surface area contributed by atoms with Gasteiger partial charge >= 0.3 is 5.97 Å². The van der Waals surface area contributed by atoms with Crippen molar-refractivity contribution in [2.45, 2.75) is 13.1 Å². The number of rotatable bonds is 5. The van der Waals surface area contributed by atoms with Crippen LogP contribution in [0.15, 0.2) is 46.9 Å². The van der Waals surface area contributed by atoms with Gasteiger partial charge in [0.25, 0.3) is 0 Å². The molecule has 0 aliphatic carbocycles. The molecule has 4 nitrogen and oxygen atoms in total. The van der Waals surface area contributed by atoms with E-state index in [1.54, 1.807) is 30.3 Å². The maximum atomic E-state index is 10.8. The fourth-order valence-corrected chi connectivity index (χ4v) is 2.33. The van der Waals surface area contributed by atoms with Crippen LogP contribution in [0.25, 0.3) is 0 Å². The second kappa shape index (κ2) is 6.54. The maximum Gasteiger partial charge on any atom is 0.335 e. The Morgan fingerprint density at radius 2 is 1.80 bits per heavy atom. The van der Waals surface area contributed by atoms with Crippen LogP contribution in [-0.4, -0.2) is 16.2 Å². The molecule has 0 unspecified atom stereocenters. The van der Waals surface area contributed by atoms with Gasteiger partial charge in [-0.25, -0.2) is 4.79 Å². The van der Waals surface area contributed by atoms with Crippen molar-refractivity contribution >= 4 is 21.9 Å². The molecule has 0 aromatic heterocycles. The van der Waals surface area contributed by atoms with Gasteiger partial charge in [0, 0.05) is 23.1 Å². The Morgan fingerprint density at radius 3 is 2.45 bits per heavy atom. The predicted molar refractivity (Wildman–Crippen MR) is 79.8 cm³/mol. The van der Waals surface area contributed by atoms with Crippen LogP contribution < -0.4 is 5.32 Å². The van der Waals surface area contributed by atoms with Gasteiger partial charge in [-0.05, 0) is 23.8 Å². The monoisotopic (exact) mass is 335 g/mol. The summed E-state index contributed by atoms with van der Waals surface area (Å²) < 4.78 is 0.752. The highest BCUT2D eigenvalue weighted by Gasteiger charge is 2.07. The van der Waals surface area contributed by atoms with Gasteiger partial charge in [0.2, 0.25) is 0 Å². The van der Waals surface area contributed by atoms with Crippen molar-refractivity contribution < 1.29 is 15.0 Å². The third kappa shape index (κ3) is 3.59. The smallest absolute Gasteiger partial charge is 0.335 e. The molecule has 20 heavy (non-hydrogen) atoms. The van der Waals surface area contributed by atoms with Crippen molar-refractivity contribution in [3.63, 3.8) is 0 Å². The van der Waals surface area contributed by atoms with Crippen molar-refractivity contribution in [1.82, 2.24) is 5.32 Å². The van der Waals surface area contributed by atoms with E-state index >= 15 is 0 Å². The van der Waals surface area contributed by atoms with E-state index in [-0.39, 0.29) is 11.3 Å². The maximum absolute atomic E-state index is 10.8. The highest BCUT2D eigenvalue weighted by Crippen LogP contribution is 2.19. The van der Waals surface area contributed by atoms with Crippen LogP contribution in [0.2, 0.25) is 0 Å². The van der Waals surface area contributed by atoms with E-state index in [2.05, 4.69) is 21.2 Å². The Hall–Kier alpha value is -1.85. The van der Waals surface area contributed by atoms with E-state index in [1.165, 1.54) is 0 Å². The summed E-state index contributed by atoms with van der Waals surface area (Å²) in [6, 6.07) is 12.1. The summed E-state index contributed by atoms with van der Waals surface area (Å²) in [7, 11) is 0. The van der Waals surface area contributed by atoms with Crippen molar-refractivity contribution in [3.8, 4) is 5.75 Å². The van der Waals surface area contributed by atoms with Gasteiger partial charge in [0.15, 0.2) is 0 Å². The van der Waals surface area contributed by atoms with Crippen molar-refractivity contribution in [2.75, 3.05) is 0 Å².